The number of allylic oxidation sites excluding steroid dienone is 1. The maximum Gasteiger partial charge on any atom is 0.292 e. The van der Waals surface area contributed by atoms with Crippen molar-refractivity contribution in [1.82, 2.24) is 9.78 Å². The Kier molecular flexibility index (Phi) is 4.80. The average molecular weight is 252 g/mol. The van der Waals surface area contributed by atoms with Crippen LogP contribution in [0.25, 0.3) is 0 Å². The molecular weight excluding hydrogens is 238 g/mol. The minimum atomic E-state index is -0.308. The summed E-state index contributed by atoms with van der Waals surface area (Å²) in [6.45, 7) is 4.63. The van der Waals surface area contributed by atoms with Gasteiger partial charge in [-0.3, -0.25) is 4.79 Å². The van der Waals surface area contributed by atoms with Gasteiger partial charge in [0.1, 0.15) is 12.2 Å². The molecule has 4 nitrogen and oxygen atoms in total. The third kappa shape index (κ3) is 3.65. The SMILES string of the molecule is C#CCn1ncc(Cl)c(NCC=C(C)C)c1=O. The van der Waals surface area contributed by atoms with E-state index in [0.717, 1.165) is 5.57 Å². The fraction of sp³-hybridized carbons (Fsp3) is 0.333. The van der Waals surface area contributed by atoms with Gasteiger partial charge in [-0.05, 0) is 13.8 Å². The number of anilines is 1. The number of hydrogen-bond acceptors (Lipinski definition) is 3. The summed E-state index contributed by atoms with van der Waals surface area (Å²) in [4.78, 5) is 11.9. The third-order valence-electron chi connectivity index (χ3n) is 2.03. The van der Waals surface area contributed by atoms with E-state index in [0.29, 0.717) is 17.3 Å². The van der Waals surface area contributed by atoms with Crippen LogP contribution in [0, 0.1) is 12.3 Å². The van der Waals surface area contributed by atoms with Crippen LogP contribution in [0.15, 0.2) is 22.6 Å². The lowest BCUT2D eigenvalue weighted by Gasteiger charge is -2.07. The smallest absolute Gasteiger partial charge is 0.292 e. The first-order chi connectivity index (χ1) is 8.06. The van der Waals surface area contributed by atoms with E-state index in [1.807, 2.05) is 19.9 Å². The summed E-state index contributed by atoms with van der Waals surface area (Å²) in [5.74, 6) is 2.36. The lowest BCUT2D eigenvalue weighted by Crippen LogP contribution is -2.25. The van der Waals surface area contributed by atoms with Gasteiger partial charge < -0.3 is 5.32 Å². The first-order valence-corrected chi connectivity index (χ1v) is 5.50. The van der Waals surface area contributed by atoms with E-state index < -0.39 is 0 Å². The Morgan fingerprint density at radius 3 is 3.00 bits per heavy atom. The Morgan fingerprint density at radius 2 is 2.41 bits per heavy atom. The summed E-state index contributed by atoms with van der Waals surface area (Å²) in [5, 5.41) is 7.10. The summed E-state index contributed by atoms with van der Waals surface area (Å²) in [7, 11) is 0. The summed E-state index contributed by atoms with van der Waals surface area (Å²) in [5.41, 5.74) is 1.18. The molecule has 0 atom stereocenters. The van der Waals surface area contributed by atoms with E-state index in [9.17, 15) is 4.79 Å². The van der Waals surface area contributed by atoms with Crippen molar-refractivity contribution in [3.05, 3.63) is 33.2 Å². The molecule has 0 aliphatic rings. The van der Waals surface area contributed by atoms with Gasteiger partial charge in [-0.25, -0.2) is 4.68 Å². The number of terminal acetylenes is 1. The van der Waals surface area contributed by atoms with E-state index in [-0.39, 0.29) is 12.1 Å². The lowest BCUT2D eigenvalue weighted by molar-refractivity contribution is 0.664. The molecule has 0 unspecified atom stereocenters. The summed E-state index contributed by atoms with van der Waals surface area (Å²) < 4.78 is 1.19. The summed E-state index contributed by atoms with van der Waals surface area (Å²) in [6.07, 6.45) is 8.51. The van der Waals surface area contributed by atoms with Crippen LogP contribution in [-0.4, -0.2) is 16.3 Å². The van der Waals surface area contributed by atoms with Crippen molar-refractivity contribution >= 4 is 17.3 Å². The molecule has 1 rings (SSSR count). The molecule has 0 fully saturated rings. The van der Waals surface area contributed by atoms with Crippen molar-refractivity contribution in [3.63, 3.8) is 0 Å². The highest BCUT2D eigenvalue weighted by Gasteiger charge is 2.08. The van der Waals surface area contributed by atoms with Crippen molar-refractivity contribution in [2.45, 2.75) is 20.4 Å². The van der Waals surface area contributed by atoms with Crippen molar-refractivity contribution in [2.24, 2.45) is 0 Å². The highest BCUT2D eigenvalue weighted by atomic mass is 35.5. The average Bonchev–Trinajstić information content (AvgIpc) is 2.27. The summed E-state index contributed by atoms with van der Waals surface area (Å²) >= 11 is 5.91. The van der Waals surface area contributed by atoms with Crippen LogP contribution in [0.1, 0.15) is 13.8 Å². The summed E-state index contributed by atoms with van der Waals surface area (Å²) in [6, 6.07) is 0. The van der Waals surface area contributed by atoms with Crippen molar-refractivity contribution in [3.8, 4) is 12.3 Å². The molecule has 1 aromatic rings. The maximum absolute atomic E-state index is 11.9. The number of aromatic nitrogens is 2. The predicted octanol–water partition coefficient (Wildman–Crippen LogP) is 1.91. The zero-order valence-electron chi connectivity index (χ0n) is 9.83. The largest absolute Gasteiger partial charge is 0.376 e. The molecule has 0 spiro atoms. The fourth-order valence-corrected chi connectivity index (χ4v) is 1.38. The molecule has 0 aromatic carbocycles. The van der Waals surface area contributed by atoms with E-state index in [1.165, 1.54) is 10.9 Å². The highest BCUT2D eigenvalue weighted by Crippen LogP contribution is 2.14. The molecule has 90 valence electrons. The van der Waals surface area contributed by atoms with Crippen molar-refractivity contribution in [2.75, 3.05) is 11.9 Å². The van der Waals surface area contributed by atoms with Gasteiger partial charge in [0.15, 0.2) is 0 Å². The van der Waals surface area contributed by atoms with Gasteiger partial charge in [0.05, 0.1) is 11.2 Å². The molecule has 1 heterocycles. The maximum atomic E-state index is 11.9. The standard InChI is InChI=1S/C12H14ClN3O/c1-4-7-16-12(17)11(10(13)8-15-16)14-6-5-9(2)3/h1,5,8,14H,6-7H2,2-3H3. The Bertz CT molecular complexity index is 522. The Morgan fingerprint density at radius 1 is 1.71 bits per heavy atom. The Balaban J connectivity index is 2.98. The second kappa shape index (κ2) is 6.12. The van der Waals surface area contributed by atoms with Gasteiger partial charge in [0.2, 0.25) is 0 Å². The number of halogens is 1. The molecule has 0 radical (unpaired) electrons. The number of hydrogen-bond donors (Lipinski definition) is 1. The van der Waals surface area contributed by atoms with Crippen LogP contribution in [0.5, 0.6) is 0 Å². The molecule has 17 heavy (non-hydrogen) atoms. The normalized spacial score (nSPS) is 9.53. The third-order valence-corrected chi connectivity index (χ3v) is 2.31. The van der Waals surface area contributed by atoms with Crippen LogP contribution >= 0.6 is 11.6 Å². The van der Waals surface area contributed by atoms with Gasteiger partial charge in [-0.1, -0.05) is 29.2 Å². The minimum absolute atomic E-state index is 0.132. The van der Waals surface area contributed by atoms with Gasteiger partial charge in [0, 0.05) is 6.54 Å². The topological polar surface area (TPSA) is 46.9 Å². The van der Waals surface area contributed by atoms with Crippen LogP contribution in [0.4, 0.5) is 5.69 Å². The van der Waals surface area contributed by atoms with Crippen molar-refractivity contribution < 1.29 is 0 Å². The Hall–Kier alpha value is -1.73. The second-order valence-corrected chi connectivity index (χ2v) is 4.10. The molecule has 0 saturated carbocycles. The second-order valence-electron chi connectivity index (χ2n) is 3.70. The predicted molar refractivity (Wildman–Crippen MR) is 70.3 cm³/mol. The van der Waals surface area contributed by atoms with Crippen LogP contribution in [0.2, 0.25) is 5.02 Å². The first kappa shape index (κ1) is 13.3. The number of rotatable bonds is 4. The Labute approximate surface area is 105 Å². The highest BCUT2D eigenvalue weighted by molar-refractivity contribution is 6.33. The van der Waals surface area contributed by atoms with Gasteiger partial charge >= 0.3 is 0 Å². The van der Waals surface area contributed by atoms with E-state index in [4.69, 9.17) is 18.0 Å². The molecule has 1 N–H and O–H groups in total. The fourth-order valence-electron chi connectivity index (χ4n) is 1.18. The first-order valence-electron chi connectivity index (χ1n) is 5.12. The molecule has 0 saturated heterocycles. The van der Waals surface area contributed by atoms with Gasteiger partial charge in [0.25, 0.3) is 5.56 Å². The molecule has 1 aromatic heterocycles. The zero-order valence-corrected chi connectivity index (χ0v) is 10.6. The van der Waals surface area contributed by atoms with E-state index >= 15 is 0 Å². The molecule has 0 amide bonds. The van der Waals surface area contributed by atoms with E-state index in [2.05, 4.69) is 16.3 Å². The number of nitrogens with one attached hydrogen (secondary N) is 1. The molecular formula is C12H14ClN3O. The van der Waals surface area contributed by atoms with E-state index in [1.54, 1.807) is 0 Å². The zero-order chi connectivity index (χ0) is 12.8. The van der Waals surface area contributed by atoms with Crippen LogP contribution in [-0.2, 0) is 6.54 Å². The van der Waals surface area contributed by atoms with Crippen molar-refractivity contribution in [1.29, 1.82) is 0 Å². The molecule has 0 bridgehead atoms. The molecule has 5 heteroatoms. The molecule has 0 aliphatic heterocycles. The van der Waals surface area contributed by atoms with Crippen LogP contribution < -0.4 is 10.9 Å². The van der Waals surface area contributed by atoms with Gasteiger partial charge in [-0.2, -0.15) is 5.10 Å². The minimum Gasteiger partial charge on any atom is -0.376 e. The quantitative estimate of drug-likeness (QED) is 0.657. The van der Waals surface area contributed by atoms with Crippen LogP contribution in [0.3, 0.4) is 0 Å². The number of nitrogens with zero attached hydrogens (tertiary/aromatic N) is 2. The van der Waals surface area contributed by atoms with Gasteiger partial charge in [-0.15, -0.1) is 6.42 Å². The monoisotopic (exact) mass is 251 g/mol. The lowest BCUT2D eigenvalue weighted by atomic mass is 10.3. The molecule has 0 aliphatic carbocycles.